The lowest BCUT2D eigenvalue weighted by molar-refractivity contribution is -0.139. The zero-order valence-electron chi connectivity index (χ0n) is 22.1. The molecule has 2 amide bonds. The highest BCUT2D eigenvalue weighted by Crippen LogP contribution is 2.28. The van der Waals surface area contributed by atoms with Crippen LogP contribution in [0.1, 0.15) is 24.8 Å². The Morgan fingerprint density at radius 2 is 1.77 bits per heavy atom. The van der Waals surface area contributed by atoms with Crippen molar-refractivity contribution < 1.29 is 14.3 Å². The molecule has 1 aliphatic heterocycles. The number of carbonyl (C=O) groups excluding carboxylic acids is 2. The molecule has 2 heterocycles. The number of likely N-dealkylation sites (tertiary alicyclic amines) is 1. The summed E-state index contributed by atoms with van der Waals surface area (Å²) in [5.74, 6) is 0.699. The number of amides is 2. The van der Waals surface area contributed by atoms with Gasteiger partial charge in [-0.2, -0.15) is 0 Å². The first kappa shape index (κ1) is 26.8. The van der Waals surface area contributed by atoms with Crippen molar-refractivity contribution in [2.45, 2.75) is 38.5 Å². The average molecular weight is 545 g/mol. The number of nitrogens with zero attached hydrogens (tertiary/aromatic N) is 4. The summed E-state index contributed by atoms with van der Waals surface area (Å²) in [6.07, 6.45) is 2.94. The van der Waals surface area contributed by atoms with Gasteiger partial charge in [-0.15, -0.1) is 0 Å². The van der Waals surface area contributed by atoms with E-state index in [1.807, 2.05) is 83.2 Å². The lowest BCUT2D eigenvalue weighted by Crippen LogP contribution is -2.49. The van der Waals surface area contributed by atoms with Gasteiger partial charge >= 0.3 is 0 Å². The number of hydrogen-bond donors (Lipinski definition) is 0. The fraction of sp³-hybridized carbons (Fsp3) is 0.323. The van der Waals surface area contributed by atoms with Crippen molar-refractivity contribution in [1.82, 2.24) is 19.4 Å². The minimum absolute atomic E-state index is 0.0349. The number of para-hydroxylation sites is 2. The van der Waals surface area contributed by atoms with Gasteiger partial charge in [0.25, 0.3) is 0 Å². The van der Waals surface area contributed by atoms with E-state index in [2.05, 4.69) is 4.98 Å². The molecule has 1 saturated heterocycles. The summed E-state index contributed by atoms with van der Waals surface area (Å²) in [6.45, 7) is 2.17. The maximum atomic E-state index is 13.3. The monoisotopic (exact) mass is 544 g/mol. The predicted molar refractivity (Wildman–Crippen MR) is 152 cm³/mol. The third kappa shape index (κ3) is 6.79. The molecule has 8 heteroatoms. The van der Waals surface area contributed by atoms with Gasteiger partial charge in [-0.25, -0.2) is 4.98 Å². The van der Waals surface area contributed by atoms with Crippen LogP contribution in [0.3, 0.4) is 0 Å². The van der Waals surface area contributed by atoms with Gasteiger partial charge < -0.3 is 19.1 Å². The molecule has 0 spiro atoms. The highest BCUT2D eigenvalue weighted by molar-refractivity contribution is 6.30. The summed E-state index contributed by atoms with van der Waals surface area (Å²) in [4.78, 5) is 34.6. The highest BCUT2D eigenvalue weighted by Gasteiger charge is 2.35. The zero-order valence-corrected chi connectivity index (χ0v) is 22.8. The van der Waals surface area contributed by atoms with Gasteiger partial charge in [0.15, 0.2) is 0 Å². The van der Waals surface area contributed by atoms with E-state index in [-0.39, 0.29) is 23.8 Å². The van der Waals surface area contributed by atoms with Crippen LogP contribution in [0.15, 0.2) is 85.2 Å². The van der Waals surface area contributed by atoms with E-state index in [4.69, 9.17) is 16.3 Å². The number of halogens is 1. The van der Waals surface area contributed by atoms with E-state index in [0.29, 0.717) is 56.2 Å². The van der Waals surface area contributed by atoms with Crippen LogP contribution in [-0.2, 0) is 22.7 Å². The molecular formula is C31H33ClN4O3. The molecule has 1 aliphatic rings. The quantitative estimate of drug-likeness (QED) is 0.282. The maximum Gasteiger partial charge on any atom is 0.224 e. The first-order valence-corrected chi connectivity index (χ1v) is 13.7. The molecule has 0 unspecified atom stereocenters. The van der Waals surface area contributed by atoms with Crippen molar-refractivity contribution in [3.63, 3.8) is 0 Å². The van der Waals surface area contributed by atoms with Crippen LogP contribution in [0.25, 0.3) is 11.0 Å². The van der Waals surface area contributed by atoms with Crippen LogP contribution in [0, 0.1) is 5.92 Å². The first-order valence-electron chi connectivity index (χ1n) is 13.3. The lowest BCUT2D eigenvalue weighted by Gasteiger charge is -2.39. The molecule has 4 aromatic rings. The lowest BCUT2D eigenvalue weighted by atomic mass is 9.90. The summed E-state index contributed by atoms with van der Waals surface area (Å²) >= 11 is 6.05. The zero-order chi connectivity index (χ0) is 27.2. The summed E-state index contributed by atoms with van der Waals surface area (Å²) in [5.41, 5.74) is 3.02. The van der Waals surface area contributed by atoms with Crippen LogP contribution in [-0.4, -0.2) is 57.4 Å². The van der Waals surface area contributed by atoms with E-state index in [9.17, 15) is 9.59 Å². The van der Waals surface area contributed by atoms with Gasteiger partial charge in [-0.05, 0) is 42.0 Å². The average Bonchev–Trinajstić information content (AvgIpc) is 3.37. The van der Waals surface area contributed by atoms with Crippen molar-refractivity contribution in [2.24, 2.45) is 5.92 Å². The van der Waals surface area contributed by atoms with Gasteiger partial charge in [-0.1, -0.05) is 54.1 Å². The van der Waals surface area contributed by atoms with Crippen LogP contribution in [0.4, 0.5) is 0 Å². The number of rotatable bonds is 9. The number of ether oxygens (including phenoxy) is 1. The van der Waals surface area contributed by atoms with E-state index in [0.717, 1.165) is 16.6 Å². The molecule has 39 heavy (non-hydrogen) atoms. The Morgan fingerprint density at radius 1 is 1.03 bits per heavy atom. The van der Waals surface area contributed by atoms with Gasteiger partial charge in [0, 0.05) is 63.4 Å². The molecule has 0 radical (unpaired) electrons. The topological polar surface area (TPSA) is 67.7 Å². The minimum Gasteiger partial charge on any atom is -0.490 e. The molecular weight excluding hydrogens is 512 g/mol. The van der Waals surface area contributed by atoms with Gasteiger partial charge in [-0.3, -0.25) is 9.59 Å². The summed E-state index contributed by atoms with van der Waals surface area (Å²) in [7, 11) is 1.82. The van der Waals surface area contributed by atoms with Crippen molar-refractivity contribution in [3.05, 3.63) is 95.8 Å². The molecule has 2 atom stereocenters. The molecule has 0 bridgehead atoms. The number of carbonyl (C=O) groups is 2. The van der Waals surface area contributed by atoms with E-state index < -0.39 is 0 Å². The van der Waals surface area contributed by atoms with Crippen LogP contribution in [0.2, 0.25) is 5.02 Å². The Hall–Kier alpha value is -3.84. The standard InChI is InChI=1S/C31H33ClN4O3/c1-34(20-23-7-3-2-4-8-23)31(38)19-24-21-35(17-15-29(24)39-26-13-11-25(32)12-14-26)30(37)16-18-36-22-33-27-9-5-6-10-28(27)36/h2-14,22,24,29H,15-21H2,1H3/t24-,29-/m0/s1. The van der Waals surface area contributed by atoms with Gasteiger partial charge in [0.1, 0.15) is 11.9 Å². The van der Waals surface area contributed by atoms with E-state index in [1.54, 1.807) is 23.4 Å². The smallest absolute Gasteiger partial charge is 0.224 e. The molecule has 202 valence electrons. The largest absolute Gasteiger partial charge is 0.490 e. The Labute approximate surface area is 233 Å². The summed E-state index contributed by atoms with van der Waals surface area (Å²) in [6, 6.07) is 25.1. The number of piperidine rings is 1. The number of aromatic nitrogens is 2. The molecule has 0 saturated carbocycles. The van der Waals surface area contributed by atoms with Crippen molar-refractivity contribution in [3.8, 4) is 5.75 Å². The molecule has 3 aromatic carbocycles. The predicted octanol–water partition coefficient (Wildman–Crippen LogP) is 5.42. The first-order chi connectivity index (χ1) is 19.0. The third-order valence-corrected chi connectivity index (χ3v) is 7.59. The second kappa shape index (κ2) is 12.3. The van der Waals surface area contributed by atoms with Crippen molar-refractivity contribution in [1.29, 1.82) is 0 Å². The number of fused-ring (bicyclic) bond motifs is 1. The number of aryl methyl sites for hydroxylation is 1. The summed E-state index contributed by atoms with van der Waals surface area (Å²) < 4.78 is 8.35. The fourth-order valence-corrected chi connectivity index (χ4v) is 5.29. The number of benzene rings is 3. The van der Waals surface area contributed by atoms with Crippen LogP contribution >= 0.6 is 11.6 Å². The number of imidazole rings is 1. The van der Waals surface area contributed by atoms with Gasteiger partial charge in [0.05, 0.1) is 17.4 Å². The minimum atomic E-state index is -0.179. The second-order valence-electron chi connectivity index (χ2n) is 10.1. The van der Waals surface area contributed by atoms with E-state index in [1.165, 1.54) is 0 Å². The summed E-state index contributed by atoms with van der Waals surface area (Å²) in [5, 5.41) is 0.641. The Bertz CT molecular complexity index is 1410. The molecule has 0 N–H and O–H groups in total. The Kier molecular flexibility index (Phi) is 8.47. The highest BCUT2D eigenvalue weighted by atomic mass is 35.5. The van der Waals surface area contributed by atoms with Crippen molar-refractivity contribution >= 4 is 34.4 Å². The van der Waals surface area contributed by atoms with Crippen LogP contribution in [0.5, 0.6) is 5.75 Å². The molecule has 1 fully saturated rings. The third-order valence-electron chi connectivity index (χ3n) is 7.34. The van der Waals surface area contributed by atoms with Gasteiger partial charge in [0.2, 0.25) is 11.8 Å². The van der Waals surface area contributed by atoms with Crippen molar-refractivity contribution in [2.75, 3.05) is 20.1 Å². The Morgan fingerprint density at radius 3 is 2.56 bits per heavy atom. The van der Waals surface area contributed by atoms with E-state index >= 15 is 0 Å². The fourth-order valence-electron chi connectivity index (χ4n) is 5.16. The normalized spacial score (nSPS) is 17.2. The van der Waals surface area contributed by atoms with Crippen LogP contribution < -0.4 is 4.74 Å². The molecule has 0 aliphatic carbocycles. The molecule has 7 nitrogen and oxygen atoms in total. The Balaban J connectivity index is 1.25. The maximum absolute atomic E-state index is 13.3. The molecule has 5 rings (SSSR count). The SMILES string of the molecule is CN(Cc1ccccc1)C(=O)C[C@H]1CN(C(=O)CCn2cnc3ccccc32)CC[C@@H]1Oc1ccc(Cl)cc1. The number of hydrogen-bond acceptors (Lipinski definition) is 4. The second-order valence-corrected chi connectivity index (χ2v) is 10.6. The molecule has 1 aromatic heterocycles.